The Kier molecular flexibility index (Phi) is 5.90. The maximum Gasteiger partial charge on any atom is 0.335 e. The van der Waals surface area contributed by atoms with E-state index in [2.05, 4.69) is 0 Å². The normalized spacial score (nSPS) is 21.9. The molecule has 0 N–H and O–H groups in total. The zero-order valence-electron chi connectivity index (χ0n) is 14.7. The van der Waals surface area contributed by atoms with Crippen LogP contribution >= 0.6 is 11.6 Å². The maximum absolute atomic E-state index is 14.0. The van der Waals surface area contributed by atoms with Crippen molar-refractivity contribution in [3.8, 4) is 0 Å². The molecular weight excluding hydrogens is 399 g/mol. The van der Waals surface area contributed by atoms with Crippen molar-refractivity contribution in [1.29, 1.82) is 0 Å². The molecule has 1 aromatic carbocycles. The van der Waals surface area contributed by atoms with Crippen molar-refractivity contribution < 1.29 is 31.8 Å². The van der Waals surface area contributed by atoms with Gasteiger partial charge in [0.1, 0.15) is 5.82 Å². The van der Waals surface area contributed by atoms with Crippen LogP contribution in [0.2, 0.25) is 5.02 Å². The van der Waals surface area contributed by atoms with Gasteiger partial charge in [-0.1, -0.05) is 11.6 Å². The largest absolute Gasteiger partial charge is 0.463 e. The summed E-state index contributed by atoms with van der Waals surface area (Å²) in [6.45, 7) is 2.44. The molecule has 27 heavy (non-hydrogen) atoms. The highest BCUT2D eigenvalue weighted by molar-refractivity contribution is 7.91. The Morgan fingerprint density at radius 2 is 2.07 bits per heavy atom. The second-order valence-corrected chi connectivity index (χ2v) is 9.02. The van der Waals surface area contributed by atoms with Crippen LogP contribution in [0.5, 0.6) is 0 Å². The summed E-state index contributed by atoms with van der Waals surface area (Å²) in [5, 5.41) is -0.897. The first-order valence-corrected chi connectivity index (χ1v) is 10.7. The Morgan fingerprint density at radius 1 is 1.37 bits per heavy atom. The molecule has 0 saturated carbocycles. The van der Waals surface area contributed by atoms with Crippen molar-refractivity contribution in [3.63, 3.8) is 0 Å². The summed E-state index contributed by atoms with van der Waals surface area (Å²) in [7, 11) is -3.91. The highest BCUT2D eigenvalue weighted by Crippen LogP contribution is 2.38. The van der Waals surface area contributed by atoms with E-state index in [9.17, 15) is 17.6 Å². The molecule has 148 valence electrons. The average Bonchev–Trinajstić information content (AvgIpc) is 3.05. The van der Waals surface area contributed by atoms with E-state index in [-0.39, 0.29) is 35.6 Å². The van der Waals surface area contributed by atoms with Crippen molar-refractivity contribution in [2.45, 2.75) is 36.6 Å². The summed E-state index contributed by atoms with van der Waals surface area (Å²) in [4.78, 5) is 12.4. The van der Waals surface area contributed by atoms with Crippen molar-refractivity contribution in [2.75, 3.05) is 19.8 Å². The van der Waals surface area contributed by atoms with Gasteiger partial charge in [-0.15, -0.1) is 0 Å². The van der Waals surface area contributed by atoms with E-state index in [0.29, 0.717) is 13.2 Å². The van der Waals surface area contributed by atoms with Gasteiger partial charge in [0.15, 0.2) is 15.6 Å². The number of hydrogen-bond acceptors (Lipinski definition) is 6. The summed E-state index contributed by atoms with van der Waals surface area (Å²) in [6.07, 6.45) is 1.78. The third kappa shape index (κ3) is 4.34. The van der Waals surface area contributed by atoms with Crippen LogP contribution in [0.25, 0.3) is 0 Å². The number of rotatable bonds is 5. The number of sulfone groups is 1. The molecule has 1 fully saturated rings. The van der Waals surface area contributed by atoms with Crippen LogP contribution in [0.1, 0.15) is 25.3 Å². The van der Waals surface area contributed by atoms with E-state index in [1.165, 1.54) is 18.2 Å². The van der Waals surface area contributed by atoms with Gasteiger partial charge in [-0.3, -0.25) is 0 Å². The molecule has 2 aliphatic rings. The number of benzene rings is 1. The third-order valence-electron chi connectivity index (χ3n) is 4.56. The number of ether oxygens (including phenoxy) is 3. The minimum atomic E-state index is -3.91. The van der Waals surface area contributed by atoms with Gasteiger partial charge in [0, 0.05) is 17.0 Å². The lowest BCUT2D eigenvalue weighted by Gasteiger charge is -2.33. The zero-order valence-corrected chi connectivity index (χ0v) is 16.3. The summed E-state index contributed by atoms with van der Waals surface area (Å²) in [6, 6.07) is 3.73. The topological polar surface area (TPSA) is 78.9 Å². The van der Waals surface area contributed by atoms with E-state index in [4.69, 9.17) is 25.8 Å². The molecule has 1 unspecified atom stereocenters. The van der Waals surface area contributed by atoms with Crippen molar-refractivity contribution >= 4 is 27.4 Å². The van der Waals surface area contributed by atoms with Crippen LogP contribution in [0.15, 0.2) is 29.8 Å². The van der Waals surface area contributed by atoms with Gasteiger partial charge in [0.2, 0.25) is 0 Å². The van der Waals surface area contributed by atoms with Crippen molar-refractivity contribution in [2.24, 2.45) is 0 Å². The van der Waals surface area contributed by atoms with Crippen LogP contribution in [-0.2, 0) is 34.6 Å². The summed E-state index contributed by atoms with van der Waals surface area (Å²) >= 11 is 5.85. The highest BCUT2D eigenvalue weighted by atomic mass is 35.5. The minimum absolute atomic E-state index is 0.0348. The molecular formula is C18H20ClFO6S. The number of hydrogen-bond donors (Lipinski definition) is 0. The van der Waals surface area contributed by atoms with Gasteiger partial charge < -0.3 is 14.2 Å². The molecule has 1 aliphatic carbocycles. The molecule has 1 aromatic rings. The van der Waals surface area contributed by atoms with Crippen LogP contribution < -0.4 is 0 Å². The SMILES string of the molecule is CCOC(=O)C1=CC2(CCC1S(=O)(=O)Cc1cc(Cl)ccc1F)OCCO2. The second-order valence-electron chi connectivity index (χ2n) is 6.40. The van der Waals surface area contributed by atoms with Gasteiger partial charge in [0.25, 0.3) is 0 Å². The molecule has 9 heteroatoms. The van der Waals surface area contributed by atoms with Crippen molar-refractivity contribution in [1.82, 2.24) is 0 Å². The lowest BCUT2D eigenvalue weighted by molar-refractivity contribution is -0.143. The molecule has 1 aliphatic heterocycles. The monoisotopic (exact) mass is 418 g/mol. The van der Waals surface area contributed by atoms with E-state index in [1.807, 2.05) is 0 Å². The van der Waals surface area contributed by atoms with Crippen LogP contribution in [0, 0.1) is 5.82 Å². The first kappa shape index (κ1) is 20.3. The van der Waals surface area contributed by atoms with Gasteiger partial charge in [-0.25, -0.2) is 17.6 Å². The van der Waals surface area contributed by atoms with Crippen molar-refractivity contribution in [3.05, 3.63) is 46.3 Å². The molecule has 1 saturated heterocycles. The van der Waals surface area contributed by atoms with Gasteiger partial charge in [-0.2, -0.15) is 0 Å². The summed E-state index contributed by atoms with van der Waals surface area (Å²) in [5.74, 6) is -3.08. The Morgan fingerprint density at radius 3 is 2.74 bits per heavy atom. The first-order valence-electron chi connectivity index (χ1n) is 8.59. The molecule has 1 heterocycles. The zero-order chi connectivity index (χ0) is 19.7. The predicted octanol–water partition coefficient (Wildman–Crippen LogP) is 2.79. The fraction of sp³-hybridized carbons (Fsp3) is 0.500. The average molecular weight is 419 g/mol. The number of carbonyl (C=O) groups excluding carboxylic acids is 1. The molecule has 0 bridgehead atoms. The Bertz CT molecular complexity index is 861. The summed E-state index contributed by atoms with van der Waals surface area (Å²) in [5.41, 5.74) is -0.0770. The molecule has 1 spiro atoms. The Hall–Kier alpha value is -1.48. The predicted molar refractivity (Wildman–Crippen MR) is 96.4 cm³/mol. The smallest absolute Gasteiger partial charge is 0.335 e. The van der Waals surface area contributed by atoms with Crippen LogP contribution in [-0.4, -0.2) is 45.2 Å². The summed E-state index contributed by atoms with van der Waals surface area (Å²) < 4.78 is 56.2. The fourth-order valence-electron chi connectivity index (χ4n) is 3.34. The number of esters is 1. The Balaban J connectivity index is 1.94. The minimum Gasteiger partial charge on any atom is -0.463 e. The van der Waals surface area contributed by atoms with Crippen LogP contribution in [0.3, 0.4) is 0 Å². The highest BCUT2D eigenvalue weighted by Gasteiger charge is 2.46. The molecule has 0 radical (unpaired) electrons. The van der Waals surface area contributed by atoms with Gasteiger partial charge in [-0.05, 0) is 37.6 Å². The first-order chi connectivity index (χ1) is 12.8. The third-order valence-corrected chi connectivity index (χ3v) is 6.87. The van der Waals surface area contributed by atoms with E-state index < -0.39 is 38.4 Å². The quantitative estimate of drug-likeness (QED) is 0.684. The number of carbonyl (C=O) groups is 1. The van der Waals surface area contributed by atoms with Crippen LogP contribution in [0.4, 0.5) is 4.39 Å². The molecule has 6 nitrogen and oxygen atoms in total. The van der Waals surface area contributed by atoms with E-state index in [1.54, 1.807) is 6.92 Å². The maximum atomic E-state index is 14.0. The second kappa shape index (κ2) is 7.87. The molecule has 0 amide bonds. The fourth-order valence-corrected chi connectivity index (χ4v) is 5.42. The van der Waals surface area contributed by atoms with Gasteiger partial charge in [0.05, 0.1) is 36.4 Å². The lowest BCUT2D eigenvalue weighted by atomic mass is 9.94. The van der Waals surface area contributed by atoms with Gasteiger partial charge >= 0.3 is 5.97 Å². The number of halogens is 2. The van der Waals surface area contributed by atoms with E-state index in [0.717, 1.165) is 6.07 Å². The molecule has 3 rings (SSSR count). The Labute approximate surface area is 162 Å². The standard InChI is InChI=1S/C18H20ClFO6S/c1-2-24-17(21)14-10-18(25-7-8-26-18)6-5-16(14)27(22,23)11-12-9-13(19)3-4-15(12)20/h3-4,9-10,16H,2,5-8,11H2,1H3. The molecule has 0 aromatic heterocycles. The van der Waals surface area contributed by atoms with E-state index >= 15 is 0 Å². The molecule has 1 atom stereocenters. The lowest BCUT2D eigenvalue weighted by Crippen LogP contribution is -2.41.